The summed E-state index contributed by atoms with van der Waals surface area (Å²) < 4.78 is 0. The topological polar surface area (TPSA) is 0 Å². The second-order valence-electron chi connectivity index (χ2n) is 0. The minimum Gasteiger partial charge on any atom is -0.197 e. The first kappa shape index (κ1) is 62.2. The smallest absolute Gasteiger partial charge is 0 e. The SMILES string of the molecule is S.S.S.S.[Zn]. The minimum atomic E-state index is 0. The van der Waals surface area contributed by atoms with E-state index in [2.05, 4.69) is 0 Å². The molecule has 0 atom stereocenters. The second-order valence-corrected chi connectivity index (χ2v) is 0. The van der Waals surface area contributed by atoms with Crippen LogP contribution in [-0.4, -0.2) is 0 Å². The van der Waals surface area contributed by atoms with Crippen molar-refractivity contribution in [1.29, 1.82) is 0 Å². The summed E-state index contributed by atoms with van der Waals surface area (Å²) in [4.78, 5) is 0. The molecule has 0 aliphatic rings. The van der Waals surface area contributed by atoms with Crippen LogP contribution in [-0.2, 0) is 19.5 Å². The maximum absolute atomic E-state index is 0. The quantitative estimate of drug-likeness (QED) is 0.500. The van der Waals surface area contributed by atoms with E-state index >= 15 is 0 Å². The van der Waals surface area contributed by atoms with E-state index in [0.29, 0.717) is 0 Å². The Kier molecular flexibility index (Phi) is 462. The van der Waals surface area contributed by atoms with E-state index in [1.807, 2.05) is 0 Å². The molecule has 0 aromatic heterocycles. The van der Waals surface area contributed by atoms with E-state index in [0.717, 1.165) is 0 Å². The van der Waals surface area contributed by atoms with Crippen molar-refractivity contribution in [3.05, 3.63) is 0 Å². The Bertz CT molecular complexity index is 3.61. The molecule has 0 amide bonds. The summed E-state index contributed by atoms with van der Waals surface area (Å²) in [5.41, 5.74) is 0. The van der Waals surface area contributed by atoms with Gasteiger partial charge in [-0.2, -0.15) is 54.0 Å². The maximum atomic E-state index is 0. The Hall–Kier alpha value is 2.02. The minimum absolute atomic E-state index is 0. The molecule has 5 heavy (non-hydrogen) atoms. The Morgan fingerprint density at radius 2 is 0.400 bits per heavy atom. The second kappa shape index (κ2) is 37.1. The molecule has 0 aromatic rings. The molecule has 0 spiro atoms. The monoisotopic (exact) mass is 200 g/mol. The van der Waals surface area contributed by atoms with Gasteiger partial charge >= 0.3 is 0 Å². The van der Waals surface area contributed by atoms with E-state index in [1.54, 1.807) is 0 Å². The normalized spacial score (nSPS) is 0. The van der Waals surface area contributed by atoms with E-state index in [1.165, 1.54) is 0 Å². The Labute approximate surface area is 73.0 Å². The third kappa shape index (κ3) is 23.8. The number of hydrogen-bond acceptors (Lipinski definition) is 0. The molecule has 0 N–H and O–H groups in total. The molecule has 5 heteroatoms. The molecule has 0 heterocycles. The Morgan fingerprint density at radius 1 is 0.400 bits per heavy atom. The van der Waals surface area contributed by atoms with Crippen molar-refractivity contribution in [2.75, 3.05) is 0 Å². The van der Waals surface area contributed by atoms with Gasteiger partial charge in [-0.1, -0.05) is 0 Å². The molecule has 0 saturated heterocycles. The van der Waals surface area contributed by atoms with Crippen molar-refractivity contribution in [3.8, 4) is 0 Å². The van der Waals surface area contributed by atoms with Crippen LogP contribution in [0.2, 0.25) is 0 Å². The zero-order valence-electron chi connectivity index (χ0n) is 2.71. The van der Waals surface area contributed by atoms with E-state index in [-0.39, 0.29) is 73.5 Å². The van der Waals surface area contributed by atoms with Crippen molar-refractivity contribution >= 4 is 54.0 Å². The van der Waals surface area contributed by atoms with Crippen LogP contribution in [0, 0.1) is 0 Å². The van der Waals surface area contributed by atoms with Gasteiger partial charge in [0.15, 0.2) is 0 Å². The van der Waals surface area contributed by atoms with Gasteiger partial charge in [-0.25, -0.2) is 0 Å². The first-order valence-corrected chi connectivity index (χ1v) is 0. The van der Waals surface area contributed by atoms with E-state index in [4.69, 9.17) is 0 Å². The van der Waals surface area contributed by atoms with Gasteiger partial charge in [0.05, 0.1) is 0 Å². The molecule has 0 unspecified atom stereocenters. The predicted molar refractivity (Wildman–Crippen MR) is 41.5 cm³/mol. The molecule has 0 aromatic carbocycles. The first-order chi connectivity index (χ1) is 0. The molecule has 0 radical (unpaired) electrons. The molecular weight excluding hydrogens is 194 g/mol. The van der Waals surface area contributed by atoms with Crippen molar-refractivity contribution in [2.45, 2.75) is 0 Å². The number of rotatable bonds is 0. The summed E-state index contributed by atoms with van der Waals surface area (Å²) in [5, 5.41) is 0. The summed E-state index contributed by atoms with van der Waals surface area (Å²) in [6, 6.07) is 0. The van der Waals surface area contributed by atoms with Gasteiger partial charge in [-0.05, 0) is 0 Å². The van der Waals surface area contributed by atoms with E-state index in [9.17, 15) is 0 Å². The predicted octanol–water partition coefficient (Wildman–Crippen LogP) is 0.449. The molecule has 0 aliphatic heterocycles. The van der Waals surface area contributed by atoms with Crippen LogP contribution in [0.1, 0.15) is 0 Å². The molecule has 0 saturated carbocycles. The third-order valence-electron chi connectivity index (χ3n) is 0. The Morgan fingerprint density at radius 3 is 0.400 bits per heavy atom. The standard InChI is InChI=1S/4H2S.Zn/h4*1H2;. The third-order valence-corrected chi connectivity index (χ3v) is 0. The van der Waals surface area contributed by atoms with Crippen LogP contribution in [0.25, 0.3) is 0 Å². The van der Waals surface area contributed by atoms with Gasteiger partial charge in [0.1, 0.15) is 0 Å². The Balaban J connectivity index is 0. The summed E-state index contributed by atoms with van der Waals surface area (Å²) in [6.07, 6.45) is 0. The largest absolute Gasteiger partial charge is 0.197 e. The molecule has 0 aliphatic carbocycles. The van der Waals surface area contributed by atoms with Crippen molar-refractivity contribution in [3.63, 3.8) is 0 Å². The fourth-order valence-electron chi connectivity index (χ4n) is 0. The van der Waals surface area contributed by atoms with E-state index < -0.39 is 0 Å². The molecule has 0 fully saturated rings. The molecule has 34 valence electrons. The summed E-state index contributed by atoms with van der Waals surface area (Å²) >= 11 is 0. The molecule has 0 bridgehead atoms. The molecular formula is H8S4Zn. The average Bonchev–Trinajstić information content (AvgIpc) is 0. The van der Waals surface area contributed by atoms with Crippen molar-refractivity contribution < 1.29 is 19.5 Å². The maximum Gasteiger partial charge on any atom is 0 e. The fourth-order valence-corrected chi connectivity index (χ4v) is 0. The van der Waals surface area contributed by atoms with Crippen molar-refractivity contribution in [1.82, 2.24) is 0 Å². The fraction of sp³-hybridized carbons (Fsp3) is 0. The van der Waals surface area contributed by atoms with Gasteiger partial charge in [-0.15, -0.1) is 0 Å². The van der Waals surface area contributed by atoms with Gasteiger partial charge in [0, 0.05) is 19.5 Å². The molecule has 0 rings (SSSR count). The van der Waals surface area contributed by atoms with Gasteiger partial charge in [0.2, 0.25) is 0 Å². The molecule has 0 nitrogen and oxygen atoms in total. The zero-order valence-corrected chi connectivity index (χ0v) is 9.67. The first-order valence-electron chi connectivity index (χ1n) is 0. The summed E-state index contributed by atoms with van der Waals surface area (Å²) in [7, 11) is 0. The van der Waals surface area contributed by atoms with Gasteiger partial charge in [0.25, 0.3) is 0 Å². The van der Waals surface area contributed by atoms with Crippen molar-refractivity contribution in [2.24, 2.45) is 0 Å². The van der Waals surface area contributed by atoms with Crippen LogP contribution >= 0.6 is 54.0 Å². The van der Waals surface area contributed by atoms with Crippen LogP contribution in [0.3, 0.4) is 0 Å². The summed E-state index contributed by atoms with van der Waals surface area (Å²) in [6.45, 7) is 0. The summed E-state index contributed by atoms with van der Waals surface area (Å²) in [5.74, 6) is 0. The van der Waals surface area contributed by atoms with Crippen LogP contribution in [0.5, 0.6) is 0 Å². The van der Waals surface area contributed by atoms with Crippen LogP contribution in [0.15, 0.2) is 0 Å². The van der Waals surface area contributed by atoms with Crippen LogP contribution in [0.4, 0.5) is 0 Å². The van der Waals surface area contributed by atoms with Gasteiger partial charge < -0.3 is 0 Å². The average molecular weight is 202 g/mol. The van der Waals surface area contributed by atoms with Gasteiger partial charge in [-0.3, -0.25) is 0 Å². The zero-order chi connectivity index (χ0) is 0. The van der Waals surface area contributed by atoms with Crippen LogP contribution < -0.4 is 0 Å². The number of hydrogen-bond donors (Lipinski definition) is 0.